The van der Waals surface area contributed by atoms with Gasteiger partial charge in [-0.3, -0.25) is 4.79 Å². The fourth-order valence-electron chi connectivity index (χ4n) is 1.27. The molecule has 0 saturated carbocycles. The second-order valence-corrected chi connectivity index (χ2v) is 5.58. The van der Waals surface area contributed by atoms with Crippen molar-refractivity contribution >= 4 is 33.2 Å². The zero-order valence-electron chi connectivity index (χ0n) is 8.53. The normalized spacial score (nSPS) is 12.5. The van der Waals surface area contributed by atoms with E-state index in [1.165, 1.54) is 0 Å². The van der Waals surface area contributed by atoms with E-state index < -0.39 is 0 Å². The predicted molar refractivity (Wildman–Crippen MR) is 65.1 cm³/mol. The molecule has 1 atom stereocenters. The Kier molecular flexibility index (Phi) is 5.28. The van der Waals surface area contributed by atoms with Crippen LogP contribution in [0, 0.1) is 0 Å². The van der Waals surface area contributed by atoms with Gasteiger partial charge in [-0.15, -0.1) is 11.3 Å². The summed E-state index contributed by atoms with van der Waals surface area (Å²) >= 11 is 5.00. The van der Waals surface area contributed by atoms with Crippen LogP contribution in [-0.4, -0.2) is 19.1 Å². The lowest BCUT2D eigenvalue weighted by Gasteiger charge is -2.11. The van der Waals surface area contributed by atoms with Crippen molar-refractivity contribution in [2.45, 2.75) is 19.3 Å². The minimum Gasteiger partial charge on any atom is -0.466 e. The molecule has 0 fully saturated rings. The van der Waals surface area contributed by atoms with Crippen molar-refractivity contribution in [3.63, 3.8) is 0 Å². The van der Waals surface area contributed by atoms with Crippen molar-refractivity contribution in [2.24, 2.45) is 5.73 Å². The Morgan fingerprint density at radius 1 is 1.67 bits per heavy atom. The first kappa shape index (κ1) is 12.7. The third-order valence-corrected chi connectivity index (χ3v) is 3.79. The molecular weight excluding hydrogens is 278 g/mol. The van der Waals surface area contributed by atoms with Crippen LogP contribution in [0.5, 0.6) is 0 Å². The zero-order chi connectivity index (χ0) is 11.3. The molecule has 1 aromatic heterocycles. The summed E-state index contributed by atoms with van der Waals surface area (Å²) in [6, 6.07) is 3.96. The van der Waals surface area contributed by atoms with Gasteiger partial charge in [0.05, 0.1) is 16.8 Å². The Balaban J connectivity index is 2.60. The average molecular weight is 292 g/mol. The molecule has 1 aromatic rings. The van der Waals surface area contributed by atoms with Crippen LogP contribution in [0.1, 0.15) is 24.1 Å². The second kappa shape index (κ2) is 6.25. The first-order valence-electron chi connectivity index (χ1n) is 4.78. The van der Waals surface area contributed by atoms with Gasteiger partial charge in [0.25, 0.3) is 0 Å². The molecule has 0 aliphatic rings. The molecule has 0 saturated heterocycles. The molecule has 0 aliphatic heterocycles. The van der Waals surface area contributed by atoms with E-state index in [0.717, 1.165) is 8.66 Å². The summed E-state index contributed by atoms with van der Waals surface area (Å²) in [7, 11) is 0. The summed E-state index contributed by atoms with van der Waals surface area (Å²) in [5, 5.41) is 0. The number of halogens is 1. The number of thiophene rings is 1. The van der Waals surface area contributed by atoms with Gasteiger partial charge in [-0.1, -0.05) is 0 Å². The van der Waals surface area contributed by atoms with Gasteiger partial charge in [-0.2, -0.15) is 0 Å². The fraction of sp³-hybridized carbons (Fsp3) is 0.500. The van der Waals surface area contributed by atoms with Gasteiger partial charge in [0.1, 0.15) is 0 Å². The van der Waals surface area contributed by atoms with Crippen molar-refractivity contribution < 1.29 is 9.53 Å². The summed E-state index contributed by atoms with van der Waals surface area (Å²) in [4.78, 5) is 12.4. The topological polar surface area (TPSA) is 52.3 Å². The number of hydrogen-bond donors (Lipinski definition) is 1. The van der Waals surface area contributed by atoms with E-state index in [-0.39, 0.29) is 11.9 Å². The van der Waals surface area contributed by atoms with E-state index >= 15 is 0 Å². The number of rotatable bonds is 5. The standard InChI is InChI=1S/C10H14BrNO2S/c1-2-14-10(13)5-7(6-12)8-3-4-9(11)15-8/h3-4,7H,2,5-6,12H2,1H3. The van der Waals surface area contributed by atoms with E-state index in [1.807, 2.05) is 12.1 Å². The Labute approximate surface area is 102 Å². The third kappa shape index (κ3) is 3.93. The van der Waals surface area contributed by atoms with Crippen molar-refractivity contribution in [3.05, 3.63) is 20.8 Å². The summed E-state index contributed by atoms with van der Waals surface area (Å²) in [6.45, 7) is 2.69. The summed E-state index contributed by atoms with van der Waals surface area (Å²) < 4.78 is 5.96. The fourth-order valence-corrected chi connectivity index (χ4v) is 2.81. The first-order chi connectivity index (χ1) is 7.17. The molecule has 2 N–H and O–H groups in total. The quantitative estimate of drug-likeness (QED) is 0.848. The van der Waals surface area contributed by atoms with Crippen molar-refractivity contribution in [3.8, 4) is 0 Å². The van der Waals surface area contributed by atoms with Crippen LogP contribution < -0.4 is 5.73 Å². The number of hydrogen-bond acceptors (Lipinski definition) is 4. The van der Waals surface area contributed by atoms with Gasteiger partial charge >= 0.3 is 5.97 Å². The number of ether oxygens (including phenoxy) is 1. The molecule has 5 heteroatoms. The maximum Gasteiger partial charge on any atom is 0.306 e. The van der Waals surface area contributed by atoms with E-state index in [0.29, 0.717) is 19.6 Å². The van der Waals surface area contributed by atoms with Crippen LogP contribution in [0.15, 0.2) is 15.9 Å². The lowest BCUT2D eigenvalue weighted by Crippen LogP contribution is -2.17. The summed E-state index contributed by atoms with van der Waals surface area (Å²) in [5.41, 5.74) is 5.64. The van der Waals surface area contributed by atoms with E-state index in [1.54, 1.807) is 18.3 Å². The molecule has 15 heavy (non-hydrogen) atoms. The molecule has 1 rings (SSSR count). The molecule has 0 spiro atoms. The highest BCUT2D eigenvalue weighted by Gasteiger charge is 2.16. The molecule has 84 valence electrons. The van der Waals surface area contributed by atoms with Gasteiger partial charge in [-0.05, 0) is 35.0 Å². The molecule has 1 heterocycles. The second-order valence-electron chi connectivity index (χ2n) is 3.08. The van der Waals surface area contributed by atoms with E-state index in [4.69, 9.17) is 10.5 Å². The molecule has 3 nitrogen and oxygen atoms in total. The first-order valence-corrected chi connectivity index (χ1v) is 6.39. The monoisotopic (exact) mass is 291 g/mol. The van der Waals surface area contributed by atoms with E-state index in [2.05, 4.69) is 15.9 Å². The Morgan fingerprint density at radius 2 is 2.40 bits per heavy atom. The van der Waals surface area contributed by atoms with Gasteiger partial charge in [0.15, 0.2) is 0 Å². The highest BCUT2D eigenvalue weighted by atomic mass is 79.9. The molecule has 0 bridgehead atoms. The molecule has 0 aromatic carbocycles. The Bertz CT molecular complexity index is 327. The van der Waals surface area contributed by atoms with Gasteiger partial charge < -0.3 is 10.5 Å². The molecule has 1 unspecified atom stereocenters. The molecule has 0 aliphatic carbocycles. The average Bonchev–Trinajstić information content (AvgIpc) is 2.61. The van der Waals surface area contributed by atoms with Crippen LogP contribution in [-0.2, 0) is 9.53 Å². The smallest absolute Gasteiger partial charge is 0.306 e. The van der Waals surface area contributed by atoms with Crippen LogP contribution in [0.3, 0.4) is 0 Å². The summed E-state index contributed by atoms with van der Waals surface area (Å²) in [6.07, 6.45) is 0.358. The maximum atomic E-state index is 11.3. The van der Waals surface area contributed by atoms with Gasteiger partial charge in [0, 0.05) is 17.3 Å². The Morgan fingerprint density at radius 3 is 2.87 bits per heavy atom. The van der Waals surface area contributed by atoms with Gasteiger partial charge in [-0.25, -0.2) is 0 Å². The number of carbonyl (C=O) groups excluding carboxylic acids is 1. The number of nitrogens with two attached hydrogens (primary N) is 1. The molecule has 0 amide bonds. The van der Waals surface area contributed by atoms with Crippen molar-refractivity contribution in [2.75, 3.05) is 13.2 Å². The highest BCUT2D eigenvalue weighted by Crippen LogP contribution is 2.30. The third-order valence-electron chi connectivity index (χ3n) is 2.00. The molecule has 0 radical (unpaired) electrons. The zero-order valence-corrected chi connectivity index (χ0v) is 10.9. The van der Waals surface area contributed by atoms with Crippen molar-refractivity contribution in [1.82, 2.24) is 0 Å². The SMILES string of the molecule is CCOC(=O)CC(CN)c1ccc(Br)s1. The lowest BCUT2D eigenvalue weighted by molar-refractivity contribution is -0.143. The van der Waals surface area contributed by atoms with E-state index in [9.17, 15) is 4.79 Å². The lowest BCUT2D eigenvalue weighted by atomic mass is 10.0. The maximum absolute atomic E-state index is 11.3. The minimum absolute atomic E-state index is 0.0698. The van der Waals surface area contributed by atoms with Gasteiger partial charge in [0.2, 0.25) is 0 Å². The molecular formula is C10H14BrNO2S. The van der Waals surface area contributed by atoms with Crippen LogP contribution >= 0.6 is 27.3 Å². The minimum atomic E-state index is -0.183. The number of esters is 1. The summed E-state index contributed by atoms with van der Waals surface area (Å²) in [5.74, 6) is -0.113. The largest absolute Gasteiger partial charge is 0.466 e. The number of carbonyl (C=O) groups is 1. The predicted octanol–water partition coefficient (Wildman–Crippen LogP) is 2.51. The van der Waals surface area contributed by atoms with Crippen LogP contribution in [0.2, 0.25) is 0 Å². The van der Waals surface area contributed by atoms with Crippen LogP contribution in [0.25, 0.3) is 0 Å². The van der Waals surface area contributed by atoms with Crippen LogP contribution in [0.4, 0.5) is 0 Å². The highest BCUT2D eigenvalue weighted by molar-refractivity contribution is 9.11. The van der Waals surface area contributed by atoms with Crippen molar-refractivity contribution in [1.29, 1.82) is 0 Å². The Hall–Kier alpha value is -0.390.